The molecule has 1 heterocycles. The molecule has 2 atom stereocenters. The highest BCUT2D eigenvalue weighted by molar-refractivity contribution is 5.81. The van der Waals surface area contributed by atoms with Crippen LogP contribution in [-0.2, 0) is 16.0 Å². The predicted octanol–water partition coefficient (Wildman–Crippen LogP) is 3.16. The first-order valence-corrected chi connectivity index (χ1v) is 9.79. The standard InChI is InChI=1S/C21H30N2O2/c1-2-7-20(24)23-13-6-10-18(15-23)21(25)22-19(17-11-12-17)14-16-8-4-3-5-9-16/h3-5,8-9,17-19H,2,6-7,10-15H2,1H3,(H,22,25)/t18-,19-/m0/s1. The lowest BCUT2D eigenvalue weighted by Crippen LogP contribution is -2.48. The largest absolute Gasteiger partial charge is 0.352 e. The van der Waals surface area contributed by atoms with E-state index in [1.807, 2.05) is 17.9 Å². The van der Waals surface area contributed by atoms with Crippen molar-refractivity contribution >= 4 is 11.8 Å². The molecule has 1 aliphatic heterocycles. The van der Waals surface area contributed by atoms with E-state index in [2.05, 4.69) is 29.6 Å². The Kier molecular flexibility index (Phi) is 6.11. The van der Waals surface area contributed by atoms with Crippen molar-refractivity contribution < 1.29 is 9.59 Å². The van der Waals surface area contributed by atoms with E-state index in [-0.39, 0.29) is 23.8 Å². The molecule has 1 aliphatic carbocycles. The Balaban J connectivity index is 1.56. The van der Waals surface area contributed by atoms with Crippen LogP contribution in [0.1, 0.15) is 51.0 Å². The number of nitrogens with zero attached hydrogens (tertiary/aromatic N) is 1. The molecule has 4 heteroatoms. The molecule has 0 unspecified atom stereocenters. The smallest absolute Gasteiger partial charge is 0.225 e. The van der Waals surface area contributed by atoms with Gasteiger partial charge in [-0.25, -0.2) is 0 Å². The van der Waals surface area contributed by atoms with Crippen molar-refractivity contribution in [3.8, 4) is 0 Å². The van der Waals surface area contributed by atoms with Crippen molar-refractivity contribution in [3.05, 3.63) is 35.9 Å². The number of piperidine rings is 1. The molecule has 0 aromatic heterocycles. The Morgan fingerprint density at radius 2 is 1.96 bits per heavy atom. The van der Waals surface area contributed by atoms with Crippen molar-refractivity contribution in [2.24, 2.45) is 11.8 Å². The van der Waals surface area contributed by atoms with Gasteiger partial charge in [-0.3, -0.25) is 9.59 Å². The molecule has 0 bridgehead atoms. The van der Waals surface area contributed by atoms with Gasteiger partial charge in [-0.05, 0) is 50.0 Å². The number of rotatable bonds is 7. The maximum Gasteiger partial charge on any atom is 0.225 e. The van der Waals surface area contributed by atoms with Gasteiger partial charge in [-0.2, -0.15) is 0 Å². The summed E-state index contributed by atoms with van der Waals surface area (Å²) in [5, 5.41) is 3.31. The summed E-state index contributed by atoms with van der Waals surface area (Å²) in [5.41, 5.74) is 1.28. The fourth-order valence-corrected chi connectivity index (χ4v) is 3.79. The minimum Gasteiger partial charge on any atom is -0.352 e. The summed E-state index contributed by atoms with van der Waals surface area (Å²) >= 11 is 0. The number of hydrogen-bond acceptors (Lipinski definition) is 2. The Bertz CT molecular complexity index is 583. The molecule has 136 valence electrons. The summed E-state index contributed by atoms with van der Waals surface area (Å²) in [4.78, 5) is 26.8. The minimum atomic E-state index is -0.0495. The van der Waals surface area contributed by atoms with Crippen LogP contribution in [0.25, 0.3) is 0 Å². The summed E-state index contributed by atoms with van der Waals surface area (Å²) in [6.45, 7) is 3.42. The highest BCUT2D eigenvalue weighted by Gasteiger charge is 2.35. The molecule has 0 spiro atoms. The van der Waals surface area contributed by atoms with Crippen molar-refractivity contribution in [1.29, 1.82) is 0 Å². The summed E-state index contributed by atoms with van der Waals surface area (Å²) < 4.78 is 0. The van der Waals surface area contributed by atoms with Crippen molar-refractivity contribution in [3.63, 3.8) is 0 Å². The second-order valence-electron chi connectivity index (χ2n) is 7.57. The maximum absolute atomic E-state index is 12.8. The second-order valence-corrected chi connectivity index (χ2v) is 7.57. The molecule has 3 rings (SSSR count). The van der Waals surface area contributed by atoms with Crippen LogP contribution >= 0.6 is 0 Å². The third-order valence-electron chi connectivity index (χ3n) is 5.43. The molecule has 1 saturated heterocycles. The fourth-order valence-electron chi connectivity index (χ4n) is 3.79. The molecule has 2 fully saturated rings. The van der Waals surface area contributed by atoms with Gasteiger partial charge in [-0.15, -0.1) is 0 Å². The van der Waals surface area contributed by atoms with Gasteiger partial charge < -0.3 is 10.2 Å². The average molecular weight is 342 g/mol. The van der Waals surface area contributed by atoms with Crippen molar-refractivity contribution in [2.75, 3.05) is 13.1 Å². The van der Waals surface area contributed by atoms with Gasteiger partial charge in [0.15, 0.2) is 0 Å². The van der Waals surface area contributed by atoms with Crippen LogP contribution < -0.4 is 5.32 Å². The van der Waals surface area contributed by atoms with E-state index in [4.69, 9.17) is 0 Å². The Labute approximate surface area is 151 Å². The van der Waals surface area contributed by atoms with Gasteiger partial charge in [0.25, 0.3) is 0 Å². The third kappa shape index (κ3) is 5.07. The highest BCUT2D eigenvalue weighted by atomic mass is 16.2. The van der Waals surface area contributed by atoms with Crippen LogP contribution in [0, 0.1) is 11.8 Å². The van der Waals surface area contributed by atoms with Crippen molar-refractivity contribution in [1.82, 2.24) is 10.2 Å². The van der Waals surface area contributed by atoms with Gasteiger partial charge in [-0.1, -0.05) is 37.3 Å². The first kappa shape index (κ1) is 18.0. The first-order valence-electron chi connectivity index (χ1n) is 9.79. The molecule has 2 amide bonds. The van der Waals surface area contributed by atoms with Gasteiger partial charge in [0.05, 0.1) is 5.92 Å². The molecule has 1 aromatic rings. The highest BCUT2D eigenvalue weighted by Crippen LogP contribution is 2.34. The quantitative estimate of drug-likeness (QED) is 0.827. The fraction of sp³-hybridized carbons (Fsp3) is 0.619. The van der Waals surface area contributed by atoms with Gasteiger partial charge in [0.2, 0.25) is 11.8 Å². The summed E-state index contributed by atoms with van der Waals surface area (Å²) in [7, 11) is 0. The third-order valence-corrected chi connectivity index (χ3v) is 5.43. The molecule has 1 N–H and O–H groups in total. The van der Waals surface area contributed by atoms with E-state index in [0.717, 1.165) is 32.2 Å². The molecule has 25 heavy (non-hydrogen) atoms. The minimum absolute atomic E-state index is 0.0495. The number of hydrogen-bond donors (Lipinski definition) is 1. The molecule has 1 aromatic carbocycles. The normalized spacial score (nSPS) is 21.6. The van der Waals surface area contributed by atoms with Crippen LogP contribution in [0.2, 0.25) is 0 Å². The predicted molar refractivity (Wildman–Crippen MR) is 99.0 cm³/mol. The summed E-state index contributed by atoms with van der Waals surface area (Å²) in [6.07, 6.45) is 6.61. The number of carbonyl (C=O) groups excluding carboxylic acids is 2. The zero-order chi connectivity index (χ0) is 17.6. The van der Waals surface area contributed by atoms with Crippen LogP contribution in [0.4, 0.5) is 0 Å². The summed E-state index contributed by atoms with van der Waals surface area (Å²) in [5.74, 6) is 0.905. The van der Waals surface area contributed by atoms with Gasteiger partial charge in [0.1, 0.15) is 0 Å². The topological polar surface area (TPSA) is 49.4 Å². The molecular weight excluding hydrogens is 312 g/mol. The Morgan fingerprint density at radius 3 is 2.64 bits per heavy atom. The van der Waals surface area contributed by atoms with Crippen molar-refractivity contribution in [2.45, 2.75) is 57.9 Å². The lowest BCUT2D eigenvalue weighted by atomic mass is 9.95. The van der Waals surface area contributed by atoms with E-state index < -0.39 is 0 Å². The van der Waals surface area contributed by atoms with Crippen LogP contribution in [0.3, 0.4) is 0 Å². The molecule has 4 nitrogen and oxygen atoms in total. The van der Waals surface area contributed by atoms with Crippen LogP contribution in [0.15, 0.2) is 30.3 Å². The number of likely N-dealkylation sites (tertiary alicyclic amines) is 1. The number of nitrogens with one attached hydrogen (secondary N) is 1. The van der Waals surface area contributed by atoms with Gasteiger partial charge in [0, 0.05) is 25.6 Å². The first-order chi connectivity index (χ1) is 12.2. The van der Waals surface area contributed by atoms with E-state index in [9.17, 15) is 9.59 Å². The number of benzene rings is 1. The lowest BCUT2D eigenvalue weighted by Gasteiger charge is -2.33. The zero-order valence-electron chi connectivity index (χ0n) is 15.2. The maximum atomic E-state index is 12.8. The van der Waals surface area contributed by atoms with E-state index in [1.165, 1.54) is 18.4 Å². The van der Waals surface area contributed by atoms with Crippen LogP contribution in [0.5, 0.6) is 0 Å². The molecule has 0 radical (unpaired) electrons. The number of carbonyl (C=O) groups is 2. The van der Waals surface area contributed by atoms with Gasteiger partial charge >= 0.3 is 0 Å². The molecule has 1 saturated carbocycles. The molecular formula is C21H30N2O2. The van der Waals surface area contributed by atoms with Crippen LogP contribution in [-0.4, -0.2) is 35.8 Å². The zero-order valence-corrected chi connectivity index (χ0v) is 15.2. The van der Waals surface area contributed by atoms with E-state index in [0.29, 0.717) is 18.9 Å². The monoisotopic (exact) mass is 342 g/mol. The second kappa shape index (κ2) is 8.50. The van der Waals surface area contributed by atoms with E-state index >= 15 is 0 Å². The average Bonchev–Trinajstić information content (AvgIpc) is 3.47. The summed E-state index contributed by atoms with van der Waals surface area (Å²) in [6, 6.07) is 10.6. The lowest BCUT2D eigenvalue weighted by molar-refractivity contribution is -0.136. The Morgan fingerprint density at radius 1 is 1.20 bits per heavy atom. The number of amides is 2. The SMILES string of the molecule is CCCC(=O)N1CCC[C@H](C(=O)N[C@@H](Cc2ccccc2)C2CC2)C1. The Hall–Kier alpha value is -1.84. The molecule has 2 aliphatic rings. The van der Waals surface area contributed by atoms with E-state index in [1.54, 1.807) is 0 Å².